The number of esters is 2. The summed E-state index contributed by atoms with van der Waals surface area (Å²) in [5.74, 6) is -0.820. The molecule has 1 aromatic heterocycles. The van der Waals surface area contributed by atoms with Crippen LogP contribution in [0.15, 0.2) is 127 Å². The molecule has 1 heterocycles. The van der Waals surface area contributed by atoms with E-state index in [0.29, 0.717) is 126 Å². The van der Waals surface area contributed by atoms with Crippen molar-refractivity contribution in [3.63, 3.8) is 0 Å². The number of amides is 2. The summed E-state index contributed by atoms with van der Waals surface area (Å²) < 4.78 is 83.7. The Morgan fingerprint density at radius 2 is 0.778 bits per heavy atom. The standard InChI is InChI=1S/C72H101N5O19Si3/c1-11-87-97(88-12-2,89-13-3)47-27-26-34-65(79)83-51-72(53-85-70(81)73-45-28-48-98(90-14-4,91-15-5)92-16-6,54-86-71(82)74-46-29-49-99(93-17-7,94-18-8)95-19-9)52-84-69(80)55(10)96-62-43-44-63(64(78)50-62)68-76-66(60-39-35-58(36-40-60)56-30-22-20-23-31-56)75-67(77-68)61-41-37-59(38-42-61)57-32-24-21-25-33-57/h20-25,30-33,35-44,50,55,78H,11-19,26-29,34,45-49,51-54H2,1-10H3,(H,73,81)(H,74,82). The van der Waals surface area contributed by atoms with E-state index >= 15 is 0 Å². The van der Waals surface area contributed by atoms with Gasteiger partial charge in [-0.1, -0.05) is 109 Å². The minimum Gasteiger partial charge on any atom is -0.507 e. The highest BCUT2D eigenvalue weighted by Gasteiger charge is 2.43. The zero-order chi connectivity index (χ0) is 71.4. The minimum atomic E-state index is -3.05. The van der Waals surface area contributed by atoms with Crippen molar-refractivity contribution in [1.29, 1.82) is 0 Å². The molecule has 540 valence electrons. The van der Waals surface area contributed by atoms with Gasteiger partial charge in [-0.2, -0.15) is 0 Å². The topological polar surface area (TPSA) is 280 Å². The van der Waals surface area contributed by atoms with Gasteiger partial charge >= 0.3 is 50.5 Å². The maximum atomic E-state index is 14.2. The SMILES string of the molecule is CCO[Si](CCCCC(=O)OCC(COC(=O)NCCC[Si](OCC)(OCC)OCC)(COC(=O)NCCC[Si](OCC)(OCC)OCC)COC(=O)C(C)Oc1ccc(-c2nc(-c3ccc(-c4ccccc4)cc3)nc(-c3ccc(-c4ccccc4)cc3)n2)c(O)c1)(OCC)OCC. The lowest BCUT2D eigenvalue weighted by atomic mass is 9.92. The molecule has 0 spiro atoms. The number of alkyl carbamates (subject to hydrolysis) is 2. The van der Waals surface area contributed by atoms with Crippen LogP contribution in [0.2, 0.25) is 18.1 Å². The van der Waals surface area contributed by atoms with E-state index < -0.39 is 88.5 Å². The highest BCUT2D eigenvalue weighted by Crippen LogP contribution is 2.35. The molecule has 0 fully saturated rings. The van der Waals surface area contributed by atoms with Crippen molar-refractivity contribution in [3.8, 4) is 67.9 Å². The van der Waals surface area contributed by atoms with E-state index in [1.54, 1.807) is 12.1 Å². The van der Waals surface area contributed by atoms with Gasteiger partial charge in [0.2, 0.25) is 0 Å². The molecule has 3 N–H and O–H groups in total. The Hall–Kier alpha value is -7.52. The van der Waals surface area contributed by atoms with Crippen LogP contribution >= 0.6 is 0 Å². The van der Waals surface area contributed by atoms with Crippen LogP contribution in [0, 0.1) is 5.41 Å². The molecule has 99 heavy (non-hydrogen) atoms. The highest BCUT2D eigenvalue weighted by atomic mass is 28.4. The third-order valence-electron chi connectivity index (χ3n) is 15.3. The number of unbranched alkanes of at least 4 members (excludes halogenated alkanes) is 1. The van der Waals surface area contributed by atoms with Crippen molar-refractivity contribution in [3.05, 3.63) is 127 Å². The van der Waals surface area contributed by atoms with Gasteiger partial charge in [0.15, 0.2) is 23.6 Å². The Morgan fingerprint density at radius 1 is 0.424 bits per heavy atom. The Bertz CT molecular complexity index is 3090. The second-order valence-corrected chi connectivity index (χ2v) is 31.0. The third-order valence-corrected chi connectivity index (χ3v) is 24.8. The summed E-state index contributed by atoms with van der Waals surface area (Å²) in [6.07, 6.45) is -1.41. The average molecular weight is 1420 g/mol. The molecular weight excluding hydrogens is 1320 g/mol. The number of carbonyl (C=O) groups is 4. The van der Waals surface area contributed by atoms with Crippen LogP contribution in [0.5, 0.6) is 11.5 Å². The number of ether oxygens (including phenoxy) is 5. The molecule has 0 saturated heterocycles. The minimum absolute atomic E-state index is 0.0441. The molecule has 6 rings (SSSR count). The Kier molecular flexibility index (Phi) is 34.6. The van der Waals surface area contributed by atoms with Gasteiger partial charge in [-0.15, -0.1) is 0 Å². The average Bonchev–Trinajstić information content (AvgIpc) is 0.792. The lowest BCUT2D eigenvalue weighted by Crippen LogP contribution is -2.47. The zero-order valence-corrected chi connectivity index (χ0v) is 62.1. The summed E-state index contributed by atoms with van der Waals surface area (Å²) in [6.45, 7) is 19.6. The number of rotatable bonds is 47. The van der Waals surface area contributed by atoms with Crippen molar-refractivity contribution < 1.29 is 87.8 Å². The van der Waals surface area contributed by atoms with Crippen LogP contribution < -0.4 is 15.4 Å². The number of hydrogen-bond donors (Lipinski definition) is 3. The largest absolute Gasteiger partial charge is 0.507 e. The molecule has 0 saturated carbocycles. The summed E-state index contributed by atoms with van der Waals surface area (Å²) in [6, 6.07) is 41.5. The quantitative estimate of drug-likeness (QED) is 0.0138. The van der Waals surface area contributed by atoms with E-state index in [1.165, 1.54) is 13.0 Å². The molecule has 0 bridgehead atoms. The summed E-state index contributed by atoms with van der Waals surface area (Å²) in [7, 11) is -9.12. The lowest BCUT2D eigenvalue weighted by Gasteiger charge is -2.32. The monoisotopic (exact) mass is 1420 g/mol. The van der Waals surface area contributed by atoms with Gasteiger partial charge in [0, 0.05) is 114 Å². The van der Waals surface area contributed by atoms with Crippen LogP contribution in [0.4, 0.5) is 9.59 Å². The number of aromatic nitrogens is 3. The normalized spacial score (nSPS) is 12.2. The Labute approximate surface area is 586 Å². The summed E-state index contributed by atoms with van der Waals surface area (Å²) in [5, 5.41) is 17.3. The fraction of sp³-hybridized carbons (Fsp3) is 0.486. The molecule has 0 radical (unpaired) electrons. The molecule has 24 nitrogen and oxygen atoms in total. The molecule has 0 aliphatic heterocycles. The Balaban J connectivity index is 1.25. The summed E-state index contributed by atoms with van der Waals surface area (Å²) in [5.41, 5.74) is 4.09. The second-order valence-electron chi connectivity index (χ2n) is 22.8. The van der Waals surface area contributed by atoms with Gasteiger partial charge in [0.25, 0.3) is 0 Å². The van der Waals surface area contributed by atoms with Crippen molar-refractivity contribution in [2.45, 2.75) is 126 Å². The van der Waals surface area contributed by atoms with Gasteiger partial charge in [-0.3, -0.25) is 4.79 Å². The van der Waals surface area contributed by atoms with Gasteiger partial charge in [-0.05, 0) is 129 Å². The first-order chi connectivity index (χ1) is 48.0. The molecule has 5 aromatic carbocycles. The molecule has 1 unspecified atom stereocenters. The molecule has 6 aromatic rings. The van der Waals surface area contributed by atoms with Gasteiger partial charge in [0.05, 0.1) is 5.56 Å². The molecule has 2 amide bonds. The summed E-state index contributed by atoms with van der Waals surface area (Å²) in [4.78, 5) is 70.0. The van der Waals surface area contributed by atoms with Gasteiger partial charge < -0.3 is 79.3 Å². The van der Waals surface area contributed by atoms with E-state index in [1.807, 2.05) is 172 Å². The maximum absolute atomic E-state index is 14.2. The summed E-state index contributed by atoms with van der Waals surface area (Å²) >= 11 is 0. The number of phenols is 1. The molecular formula is C72H101N5O19Si3. The maximum Gasteiger partial charge on any atom is 0.500 e. The van der Waals surface area contributed by atoms with Gasteiger partial charge in [0.1, 0.15) is 43.3 Å². The van der Waals surface area contributed by atoms with Crippen molar-refractivity contribution in [2.75, 3.05) is 99.0 Å². The predicted octanol–water partition coefficient (Wildman–Crippen LogP) is 13.3. The van der Waals surface area contributed by atoms with E-state index in [-0.39, 0.29) is 42.4 Å². The number of nitrogens with one attached hydrogen (secondary N) is 2. The number of hydrogen-bond acceptors (Lipinski definition) is 22. The predicted molar refractivity (Wildman–Crippen MR) is 381 cm³/mol. The van der Waals surface area contributed by atoms with Crippen LogP contribution in [-0.2, 0) is 68.4 Å². The molecule has 1 atom stereocenters. The first-order valence-electron chi connectivity index (χ1n) is 34.4. The number of phenolic OH excluding ortho intramolecular Hbond substituents is 1. The van der Waals surface area contributed by atoms with Crippen LogP contribution in [0.1, 0.15) is 101 Å². The molecule has 27 heteroatoms. The van der Waals surface area contributed by atoms with Crippen LogP contribution in [-0.4, -0.2) is 176 Å². The molecule has 0 aliphatic carbocycles. The van der Waals surface area contributed by atoms with E-state index in [2.05, 4.69) is 10.6 Å². The van der Waals surface area contributed by atoms with Crippen molar-refractivity contribution in [1.82, 2.24) is 25.6 Å². The first-order valence-corrected chi connectivity index (χ1v) is 40.2. The smallest absolute Gasteiger partial charge is 0.500 e. The van der Waals surface area contributed by atoms with E-state index in [0.717, 1.165) is 22.3 Å². The van der Waals surface area contributed by atoms with Gasteiger partial charge in [-0.25, -0.2) is 29.3 Å². The molecule has 0 aliphatic rings. The van der Waals surface area contributed by atoms with E-state index in [4.69, 9.17) is 78.5 Å². The number of nitrogens with zero attached hydrogens (tertiary/aromatic N) is 3. The van der Waals surface area contributed by atoms with Crippen molar-refractivity contribution in [2.24, 2.45) is 5.41 Å². The van der Waals surface area contributed by atoms with Crippen LogP contribution in [0.3, 0.4) is 0 Å². The zero-order valence-electron chi connectivity index (χ0n) is 59.1. The number of aromatic hydroxyl groups is 1. The van der Waals surface area contributed by atoms with Crippen LogP contribution in [0.25, 0.3) is 56.4 Å². The lowest BCUT2D eigenvalue weighted by molar-refractivity contribution is -0.163. The third kappa shape index (κ3) is 25.9. The fourth-order valence-corrected chi connectivity index (χ4v) is 18.6. The number of carbonyl (C=O) groups excluding carboxylic acids is 4. The first kappa shape index (κ1) is 80.5. The number of benzene rings is 5. The highest BCUT2D eigenvalue weighted by molar-refractivity contribution is 6.61. The fourth-order valence-electron chi connectivity index (χ4n) is 10.7. The second kappa shape index (κ2) is 42.6. The van der Waals surface area contributed by atoms with Crippen molar-refractivity contribution >= 4 is 50.5 Å². The van der Waals surface area contributed by atoms with E-state index in [9.17, 15) is 24.3 Å². The Morgan fingerprint density at radius 3 is 1.17 bits per heavy atom.